The second kappa shape index (κ2) is 12.3. The van der Waals surface area contributed by atoms with Crippen molar-refractivity contribution in [3.8, 4) is 11.5 Å². The lowest BCUT2D eigenvalue weighted by molar-refractivity contribution is 0.0990. The second-order valence-electron chi connectivity index (χ2n) is 16.0. The van der Waals surface area contributed by atoms with Crippen LogP contribution >= 0.6 is 0 Å². The first-order valence-electron chi connectivity index (χ1n) is 15.3. The highest BCUT2D eigenvalue weighted by Gasteiger charge is 2.33. The zero-order valence-electron chi connectivity index (χ0n) is 28.3. The van der Waals surface area contributed by atoms with E-state index in [9.17, 15) is 19.8 Å². The minimum Gasteiger partial charge on any atom is -0.507 e. The molecule has 2 aromatic rings. The van der Waals surface area contributed by atoms with Gasteiger partial charge in [-0.05, 0) is 70.6 Å². The van der Waals surface area contributed by atoms with Crippen LogP contribution in [-0.4, -0.2) is 22.0 Å². The van der Waals surface area contributed by atoms with Crippen molar-refractivity contribution < 1.29 is 19.8 Å². The molecular weight excluding hydrogens is 524 g/mol. The molecule has 0 atom stereocenters. The molecule has 42 heavy (non-hydrogen) atoms. The summed E-state index contributed by atoms with van der Waals surface area (Å²) in [6.45, 7) is 24.4. The molecule has 2 amide bonds. The third-order valence-electron chi connectivity index (χ3n) is 8.07. The van der Waals surface area contributed by atoms with Gasteiger partial charge in [0.1, 0.15) is 11.5 Å². The third kappa shape index (κ3) is 7.87. The summed E-state index contributed by atoms with van der Waals surface area (Å²) in [5.41, 5.74) is 15.9. The van der Waals surface area contributed by atoms with E-state index in [0.717, 1.165) is 59.1 Å². The topological polar surface area (TPSA) is 127 Å². The fourth-order valence-corrected chi connectivity index (χ4v) is 6.10. The Morgan fingerprint density at radius 3 is 1.05 bits per heavy atom. The quantitative estimate of drug-likeness (QED) is 0.225. The number of nitrogens with two attached hydrogens (primary N) is 2. The molecule has 2 aromatic carbocycles. The van der Waals surface area contributed by atoms with Crippen LogP contribution in [-0.2, 0) is 34.5 Å². The van der Waals surface area contributed by atoms with Crippen molar-refractivity contribution in [1.29, 1.82) is 0 Å². The van der Waals surface area contributed by atoms with Crippen LogP contribution in [0.5, 0.6) is 11.5 Å². The number of aromatic hydroxyl groups is 2. The highest BCUT2D eigenvalue weighted by atomic mass is 16.3. The Morgan fingerprint density at radius 1 is 0.548 bits per heavy atom. The number of hydrogen-bond acceptors (Lipinski definition) is 4. The summed E-state index contributed by atoms with van der Waals surface area (Å²) in [6.07, 6.45) is 4.69. The number of phenolic OH excluding ortho intramolecular Hbond substituents is 2. The Labute approximate surface area is 254 Å². The summed E-state index contributed by atoms with van der Waals surface area (Å²) in [7, 11) is 0. The van der Waals surface area contributed by atoms with Crippen LogP contribution < -0.4 is 11.5 Å². The van der Waals surface area contributed by atoms with Crippen molar-refractivity contribution in [2.75, 3.05) is 0 Å². The molecule has 6 heteroatoms. The molecule has 0 aliphatic rings. The van der Waals surface area contributed by atoms with Gasteiger partial charge in [-0.3, -0.25) is 9.59 Å². The Balaban J connectivity index is 2.34. The SMILES string of the molecule is CC(C)(C)c1cc(C(N)=O)c(CCCCCCc2c(C(N)=O)cc(C(C)(C)C)c(O)c2C(C)(C)C)c(C(C)(C)C)c1O. The smallest absolute Gasteiger partial charge is 0.249 e. The average Bonchev–Trinajstić information content (AvgIpc) is 2.77. The largest absolute Gasteiger partial charge is 0.507 e. The molecule has 0 aliphatic carbocycles. The summed E-state index contributed by atoms with van der Waals surface area (Å²) in [4.78, 5) is 25.2. The van der Waals surface area contributed by atoms with E-state index >= 15 is 0 Å². The normalized spacial score (nSPS) is 13.0. The minimum atomic E-state index is -0.479. The van der Waals surface area contributed by atoms with E-state index in [1.807, 2.05) is 83.1 Å². The molecule has 2 rings (SSSR count). The van der Waals surface area contributed by atoms with E-state index in [0.29, 0.717) is 24.0 Å². The maximum atomic E-state index is 12.6. The molecule has 0 saturated carbocycles. The van der Waals surface area contributed by atoms with Gasteiger partial charge >= 0.3 is 0 Å². The average molecular weight is 581 g/mol. The van der Waals surface area contributed by atoms with Crippen LogP contribution in [0.15, 0.2) is 12.1 Å². The van der Waals surface area contributed by atoms with Crippen LogP contribution in [0.2, 0.25) is 0 Å². The molecule has 0 heterocycles. The first kappa shape index (κ1) is 35.2. The number of carbonyl (C=O) groups excluding carboxylic acids is 2. The Hall–Kier alpha value is -3.02. The number of hydrogen-bond donors (Lipinski definition) is 4. The second-order valence-corrected chi connectivity index (χ2v) is 16.0. The number of carbonyl (C=O) groups is 2. The number of benzene rings is 2. The molecule has 6 N–H and O–H groups in total. The van der Waals surface area contributed by atoms with Gasteiger partial charge in [-0.15, -0.1) is 0 Å². The van der Waals surface area contributed by atoms with Crippen LogP contribution in [0.1, 0.15) is 163 Å². The molecule has 0 radical (unpaired) electrons. The molecule has 0 aromatic heterocycles. The number of amides is 2. The van der Waals surface area contributed by atoms with Crippen molar-refractivity contribution in [3.63, 3.8) is 0 Å². The van der Waals surface area contributed by atoms with Crippen LogP contribution in [0, 0.1) is 0 Å². The standard InChI is InChI=1S/C36H56N2O4/c1-33(2,3)25-19-23(31(37)41)21(27(29(25)39)35(7,8)9)17-15-13-14-16-18-22-24(32(38)42)20-26(34(4,5)6)30(40)28(22)36(10,11)12/h19-20,39-40H,13-18H2,1-12H3,(H2,37,41)(H2,38,42). The van der Waals surface area contributed by atoms with Gasteiger partial charge in [0.15, 0.2) is 0 Å². The Bertz CT molecular complexity index is 1220. The van der Waals surface area contributed by atoms with E-state index < -0.39 is 11.8 Å². The van der Waals surface area contributed by atoms with Gasteiger partial charge in [0.2, 0.25) is 11.8 Å². The molecule has 0 bridgehead atoms. The van der Waals surface area contributed by atoms with E-state index in [1.165, 1.54) is 0 Å². The van der Waals surface area contributed by atoms with Crippen molar-refractivity contribution >= 4 is 11.8 Å². The van der Waals surface area contributed by atoms with E-state index in [4.69, 9.17) is 11.5 Å². The molecule has 0 spiro atoms. The number of phenols is 2. The van der Waals surface area contributed by atoms with Crippen LogP contribution in [0.4, 0.5) is 0 Å². The maximum Gasteiger partial charge on any atom is 0.249 e. The molecular formula is C36H56N2O4. The van der Waals surface area contributed by atoms with Gasteiger partial charge in [0.25, 0.3) is 0 Å². The Kier molecular flexibility index (Phi) is 10.3. The predicted molar refractivity (Wildman–Crippen MR) is 174 cm³/mol. The van der Waals surface area contributed by atoms with Gasteiger partial charge in [0.05, 0.1) is 0 Å². The summed E-state index contributed by atoms with van der Waals surface area (Å²) < 4.78 is 0. The minimum absolute atomic E-state index is 0.252. The van der Waals surface area contributed by atoms with E-state index in [1.54, 1.807) is 12.1 Å². The number of unbranched alkanes of at least 4 members (excludes halogenated alkanes) is 3. The van der Waals surface area contributed by atoms with Crippen molar-refractivity contribution in [2.24, 2.45) is 11.5 Å². The summed E-state index contributed by atoms with van der Waals surface area (Å²) in [5, 5.41) is 22.7. The molecule has 0 unspecified atom stereocenters. The monoisotopic (exact) mass is 580 g/mol. The molecule has 6 nitrogen and oxygen atoms in total. The Morgan fingerprint density at radius 2 is 0.833 bits per heavy atom. The maximum absolute atomic E-state index is 12.6. The first-order valence-corrected chi connectivity index (χ1v) is 15.3. The van der Waals surface area contributed by atoms with Gasteiger partial charge in [-0.2, -0.15) is 0 Å². The predicted octanol–water partition coefficient (Wildman–Crippen LogP) is 7.83. The summed E-state index contributed by atoms with van der Waals surface area (Å²) in [5.74, 6) is -0.453. The molecule has 0 saturated heterocycles. The molecule has 0 fully saturated rings. The van der Waals surface area contributed by atoms with Gasteiger partial charge in [-0.1, -0.05) is 95.9 Å². The lowest BCUT2D eigenvalue weighted by atomic mass is 9.74. The van der Waals surface area contributed by atoms with E-state index in [-0.39, 0.29) is 33.2 Å². The van der Waals surface area contributed by atoms with E-state index in [2.05, 4.69) is 0 Å². The van der Waals surface area contributed by atoms with Crippen LogP contribution in [0.25, 0.3) is 0 Å². The highest BCUT2D eigenvalue weighted by Crippen LogP contribution is 2.44. The first-order chi connectivity index (χ1) is 18.9. The van der Waals surface area contributed by atoms with Gasteiger partial charge in [0, 0.05) is 33.4 Å². The number of rotatable bonds is 9. The highest BCUT2D eigenvalue weighted by molar-refractivity contribution is 5.96. The lowest BCUT2D eigenvalue weighted by Gasteiger charge is -2.31. The molecule has 0 aliphatic heterocycles. The van der Waals surface area contributed by atoms with Gasteiger partial charge < -0.3 is 21.7 Å². The summed E-state index contributed by atoms with van der Waals surface area (Å²) in [6, 6.07) is 3.55. The molecule has 234 valence electrons. The zero-order valence-corrected chi connectivity index (χ0v) is 28.3. The lowest BCUT2D eigenvalue weighted by Crippen LogP contribution is -2.24. The van der Waals surface area contributed by atoms with Gasteiger partial charge in [-0.25, -0.2) is 0 Å². The van der Waals surface area contributed by atoms with Crippen molar-refractivity contribution in [1.82, 2.24) is 0 Å². The number of primary amides is 2. The van der Waals surface area contributed by atoms with Crippen molar-refractivity contribution in [3.05, 3.63) is 56.6 Å². The van der Waals surface area contributed by atoms with Crippen LogP contribution in [0.3, 0.4) is 0 Å². The summed E-state index contributed by atoms with van der Waals surface area (Å²) >= 11 is 0. The fourth-order valence-electron chi connectivity index (χ4n) is 6.10. The fraction of sp³-hybridized carbons (Fsp3) is 0.611. The van der Waals surface area contributed by atoms with Crippen molar-refractivity contribution in [2.45, 2.75) is 143 Å². The third-order valence-corrected chi connectivity index (χ3v) is 8.07. The zero-order chi connectivity index (χ0) is 32.6.